The molecule has 2 aromatic rings. The average Bonchev–Trinajstić information content (AvgIpc) is 2.82. The summed E-state index contributed by atoms with van der Waals surface area (Å²) in [6.07, 6.45) is 4.60. The van der Waals surface area contributed by atoms with E-state index in [1.165, 1.54) is 0 Å². The molecular formula is C24H27NO5. The van der Waals surface area contributed by atoms with E-state index in [1.54, 1.807) is 68.7 Å². The largest absolute Gasteiger partial charge is 0.497 e. The molecule has 30 heavy (non-hydrogen) atoms. The molecule has 0 radical (unpaired) electrons. The van der Waals surface area contributed by atoms with Crippen molar-refractivity contribution in [1.82, 2.24) is 4.90 Å². The van der Waals surface area contributed by atoms with Crippen molar-refractivity contribution in [2.24, 2.45) is 5.92 Å². The Kier molecular flexibility index (Phi) is 7.12. The van der Waals surface area contributed by atoms with Crippen LogP contribution >= 0.6 is 0 Å². The fourth-order valence-corrected chi connectivity index (χ4v) is 3.59. The van der Waals surface area contributed by atoms with Gasteiger partial charge in [-0.1, -0.05) is 0 Å². The lowest BCUT2D eigenvalue weighted by Gasteiger charge is -2.30. The number of ether oxygens (including phenoxy) is 3. The molecule has 6 heteroatoms. The number of rotatable bonds is 7. The summed E-state index contributed by atoms with van der Waals surface area (Å²) < 4.78 is 15.7. The third kappa shape index (κ3) is 5.00. The van der Waals surface area contributed by atoms with Crippen molar-refractivity contribution < 1.29 is 23.8 Å². The van der Waals surface area contributed by atoms with E-state index in [-0.39, 0.29) is 17.6 Å². The fourth-order valence-electron chi connectivity index (χ4n) is 3.59. The van der Waals surface area contributed by atoms with Crippen LogP contribution in [-0.2, 0) is 4.79 Å². The molecule has 0 N–H and O–H groups in total. The third-order valence-corrected chi connectivity index (χ3v) is 5.39. The van der Waals surface area contributed by atoms with Crippen LogP contribution in [0.2, 0.25) is 0 Å². The molecule has 3 rings (SSSR count). The minimum atomic E-state index is -0.0739. The van der Waals surface area contributed by atoms with Crippen LogP contribution in [0, 0.1) is 5.92 Å². The molecule has 1 heterocycles. The van der Waals surface area contributed by atoms with Gasteiger partial charge in [0.05, 0.1) is 21.3 Å². The average molecular weight is 409 g/mol. The van der Waals surface area contributed by atoms with E-state index < -0.39 is 0 Å². The lowest BCUT2D eigenvalue weighted by atomic mass is 9.89. The van der Waals surface area contributed by atoms with Gasteiger partial charge >= 0.3 is 0 Å². The first kappa shape index (κ1) is 21.4. The summed E-state index contributed by atoms with van der Waals surface area (Å²) in [5.41, 5.74) is 1.46. The maximum atomic E-state index is 12.7. The number of benzene rings is 2. The van der Waals surface area contributed by atoms with Crippen LogP contribution in [0.1, 0.15) is 28.8 Å². The zero-order valence-corrected chi connectivity index (χ0v) is 17.6. The highest BCUT2D eigenvalue weighted by molar-refractivity contribution is 5.98. The van der Waals surface area contributed by atoms with Crippen molar-refractivity contribution in [1.29, 1.82) is 0 Å². The van der Waals surface area contributed by atoms with Crippen LogP contribution in [0.5, 0.6) is 17.2 Å². The number of Topliss-reactive ketones (excluding diaryl/α,β-unsaturated/α-hetero) is 1. The molecule has 1 saturated heterocycles. The van der Waals surface area contributed by atoms with E-state index in [0.29, 0.717) is 43.0 Å². The summed E-state index contributed by atoms with van der Waals surface area (Å²) in [6, 6.07) is 12.6. The lowest BCUT2D eigenvalue weighted by molar-refractivity contribution is -0.127. The second kappa shape index (κ2) is 9.96. The first-order chi connectivity index (χ1) is 14.5. The van der Waals surface area contributed by atoms with Crippen LogP contribution < -0.4 is 14.2 Å². The van der Waals surface area contributed by atoms with Gasteiger partial charge in [-0.3, -0.25) is 9.59 Å². The van der Waals surface area contributed by atoms with Gasteiger partial charge in [-0.15, -0.1) is 0 Å². The standard InChI is InChI=1S/C24H27NO5/c1-28-20-7-4-17(5-8-20)24(27)18-12-14-25(15-13-18)23(26)11-6-19-16-21(29-2)9-10-22(19)30-3/h4-11,16,18H,12-15H2,1-3H3. The fraction of sp³-hybridized carbons (Fsp3) is 0.333. The minimum Gasteiger partial charge on any atom is -0.497 e. The Morgan fingerprint density at radius 2 is 1.53 bits per heavy atom. The number of likely N-dealkylation sites (tertiary alicyclic amines) is 1. The Balaban J connectivity index is 1.58. The summed E-state index contributed by atoms with van der Waals surface area (Å²) in [7, 11) is 4.78. The number of carbonyl (C=O) groups is 2. The summed E-state index contributed by atoms with van der Waals surface area (Å²) in [4.78, 5) is 27.1. The molecule has 158 valence electrons. The van der Waals surface area contributed by atoms with Crippen molar-refractivity contribution in [3.63, 3.8) is 0 Å². The number of carbonyl (C=O) groups excluding carboxylic acids is 2. The molecule has 0 atom stereocenters. The van der Waals surface area contributed by atoms with Gasteiger partial charge in [-0.2, -0.15) is 0 Å². The van der Waals surface area contributed by atoms with Gasteiger partial charge in [0.25, 0.3) is 0 Å². The molecule has 1 fully saturated rings. The zero-order chi connectivity index (χ0) is 21.5. The maximum Gasteiger partial charge on any atom is 0.246 e. The summed E-state index contributed by atoms with van der Waals surface area (Å²) in [5, 5.41) is 0. The summed E-state index contributed by atoms with van der Waals surface area (Å²) in [6.45, 7) is 1.12. The Hall–Kier alpha value is -3.28. The third-order valence-electron chi connectivity index (χ3n) is 5.39. The van der Waals surface area contributed by atoms with E-state index >= 15 is 0 Å². The number of piperidine rings is 1. The quantitative estimate of drug-likeness (QED) is 0.513. The maximum absolute atomic E-state index is 12.7. The Morgan fingerprint density at radius 1 is 0.900 bits per heavy atom. The molecule has 0 spiro atoms. The van der Waals surface area contributed by atoms with Gasteiger partial charge in [0.1, 0.15) is 17.2 Å². The van der Waals surface area contributed by atoms with Gasteiger partial charge in [0.15, 0.2) is 5.78 Å². The van der Waals surface area contributed by atoms with Crippen LogP contribution in [0.15, 0.2) is 48.5 Å². The highest BCUT2D eigenvalue weighted by Gasteiger charge is 2.27. The Morgan fingerprint density at radius 3 is 2.13 bits per heavy atom. The van der Waals surface area contributed by atoms with E-state index in [4.69, 9.17) is 14.2 Å². The van der Waals surface area contributed by atoms with Gasteiger partial charge in [0.2, 0.25) is 5.91 Å². The van der Waals surface area contributed by atoms with E-state index in [0.717, 1.165) is 11.3 Å². The number of amides is 1. The molecule has 0 aliphatic carbocycles. The van der Waals surface area contributed by atoms with Crippen molar-refractivity contribution in [3.05, 3.63) is 59.7 Å². The highest BCUT2D eigenvalue weighted by Crippen LogP contribution is 2.26. The van der Waals surface area contributed by atoms with Crippen LogP contribution in [0.25, 0.3) is 6.08 Å². The van der Waals surface area contributed by atoms with Crippen LogP contribution in [-0.4, -0.2) is 51.0 Å². The normalized spacial score (nSPS) is 14.6. The van der Waals surface area contributed by atoms with E-state index in [1.807, 2.05) is 12.1 Å². The summed E-state index contributed by atoms with van der Waals surface area (Å²) in [5.74, 6) is 2.08. The van der Waals surface area contributed by atoms with Gasteiger partial charge in [-0.05, 0) is 61.4 Å². The van der Waals surface area contributed by atoms with Crippen molar-refractivity contribution >= 4 is 17.8 Å². The lowest BCUT2D eigenvalue weighted by Crippen LogP contribution is -2.39. The van der Waals surface area contributed by atoms with Gasteiger partial charge in [0, 0.05) is 36.2 Å². The molecule has 0 bridgehead atoms. The number of nitrogens with zero attached hydrogens (tertiary/aromatic N) is 1. The van der Waals surface area contributed by atoms with Crippen molar-refractivity contribution in [3.8, 4) is 17.2 Å². The Bertz CT molecular complexity index is 912. The highest BCUT2D eigenvalue weighted by atomic mass is 16.5. The second-order valence-electron chi connectivity index (χ2n) is 7.13. The minimum absolute atomic E-state index is 0.0649. The molecule has 0 unspecified atom stereocenters. The Labute approximate surface area is 177 Å². The van der Waals surface area contributed by atoms with Crippen molar-refractivity contribution in [2.45, 2.75) is 12.8 Å². The monoisotopic (exact) mass is 409 g/mol. The number of hydrogen-bond acceptors (Lipinski definition) is 5. The number of ketones is 1. The smallest absolute Gasteiger partial charge is 0.246 e. The van der Waals surface area contributed by atoms with Crippen molar-refractivity contribution in [2.75, 3.05) is 34.4 Å². The zero-order valence-electron chi connectivity index (χ0n) is 17.6. The predicted octanol–water partition coefficient (Wildman–Crippen LogP) is 3.85. The van der Waals surface area contributed by atoms with E-state index in [2.05, 4.69) is 0 Å². The molecular weight excluding hydrogens is 382 g/mol. The number of methoxy groups -OCH3 is 3. The molecule has 1 aliphatic rings. The molecule has 0 saturated carbocycles. The SMILES string of the molecule is COc1ccc(C(=O)C2CCN(C(=O)C=Cc3cc(OC)ccc3OC)CC2)cc1. The molecule has 1 aliphatic heterocycles. The van der Waals surface area contributed by atoms with E-state index in [9.17, 15) is 9.59 Å². The topological polar surface area (TPSA) is 65.1 Å². The second-order valence-corrected chi connectivity index (χ2v) is 7.13. The first-order valence-corrected chi connectivity index (χ1v) is 9.93. The van der Waals surface area contributed by atoms with Crippen LogP contribution in [0.3, 0.4) is 0 Å². The van der Waals surface area contributed by atoms with Crippen LogP contribution in [0.4, 0.5) is 0 Å². The molecule has 1 amide bonds. The molecule has 0 aromatic heterocycles. The van der Waals surface area contributed by atoms with Gasteiger partial charge < -0.3 is 19.1 Å². The summed E-state index contributed by atoms with van der Waals surface area (Å²) >= 11 is 0. The number of hydrogen-bond donors (Lipinski definition) is 0. The van der Waals surface area contributed by atoms with Gasteiger partial charge in [-0.25, -0.2) is 0 Å². The molecule has 2 aromatic carbocycles. The first-order valence-electron chi connectivity index (χ1n) is 9.93. The predicted molar refractivity (Wildman–Crippen MR) is 115 cm³/mol. The molecule has 6 nitrogen and oxygen atoms in total.